The van der Waals surface area contributed by atoms with Gasteiger partial charge in [0.05, 0.1) is 11.8 Å². The highest BCUT2D eigenvalue weighted by atomic mass is 16.8. The summed E-state index contributed by atoms with van der Waals surface area (Å²) in [5.74, 6) is -5.45. The Labute approximate surface area is 270 Å². The van der Waals surface area contributed by atoms with Crippen molar-refractivity contribution in [3.05, 3.63) is 0 Å². The molecule has 3 aliphatic heterocycles. The maximum atomic E-state index is 14.0. The van der Waals surface area contributed by atoms with Gasteiger partial charge in [-0.2, -0.15) is 0 Å². The fourth-order valence-corrected chi connectivity index (χ4v) is 7.38. The first-order chi connectivity index (χ1) is 21.3. The fourth-order valence-electron chi connectivity index (χ4n) is 7.38. The Hall–Kier alpha value is -3.01. The molecule has 4 N–H and O–H groups in total. The maximum Gasteiger partial charge on any atom is 0.509 e. The van der Waals surface area contributed by atoms with Crippen LogP contribution in [0.5, 0.6) is 0 Å². The van der Waals surface area contributed by atoms with Gasteiger partial charge in [-0.25, -0.2) is 9.59 Å². The van der Waals surface area contributed by atoms with Crippen LogP contribution in [-0.2, 0) is 38.0 Å². The maximum absolute atomic E-state index is 14.0. The van der Waals surface area contributed by atoms with E-state index in [1.54, 1.807) is 27.7 Å². The summed E-state index contributed by atoms with van der Waals surface area (Å²) in [7, 11) is 3.62. The summed E-state index contributed by atoms with van der Waals surface area (Å²) in [6.45, 7) is 12.9. The number of primary amides is 1. The van der Waals surface area contributed by atoms with Crippen molar-refractivity contribution in [2.24, 2.45) is 34.6 Å². The molecule has 0 saturated carbocycles. The molecule has 0 radical (unpaired) electrons. The summed E-state index contributed by atoms with van der Waals surface area (Å²) in [5, 5.41) is 25.1. The molecule has 3 saturated heterocycles. The molecular formula is C31H51N3O12. The van der Waals surface area contributed by atoms with Crippen molar-refractivity contribution in [3.8, 4) is 0 Å². The Balaban J connectivity index is 2.19. The second-order valence-corrected chi connectivity index (χ2v) is 13.6. The number of oxime groups is 1. The largest absolute Gasteiger partial charge is 0.509 e. The van der Waals surface area contributed by atoms with E-state index in [0.29, 0.717) is 6.42 Å². The number of esters is 1. The molecule has 0 aromatic rings. The van der Waals surface area contributed by atoms with Crippen molar-refractivity contribution in [1.82, 2.24) is 4.90 Å². The summed E-state index contributed by atoms with van der Waals surface area (Å²) in [6.07, 6.45) is -7.72. The Bertz CT molecular complexity index is 1180. The molecule has 3 aliphatic rings. The number of amides is 1. The lowest BCUT2D eigenvalue weighted by molar-refractivity contribution is -0.292. The quantitative estimate of drug-likeness (QED) is 0.128. The summed E-state index contributed by atoms with van der Waals surface area (Å²) >= 11 is 0. The molecule has 3 heterocycles. The molecule has 15 heteroatoms. The van der Waals surface area contributed by atoms with Gasteiger partial charge in [0, 0.05) is 23.8 Å². The van der Waals surface area contributed by atoms with E-state index in [9.17, 15) is 29.5 Å². The van der Waals surface area contributed by atoms with Gasteiger partial charge in [-0.05, 0) is 61.1 Å². The molecule has 0 bridgehead atoms. The Morgan fingerprint density at radius 2 is 1.72 bits per heavy atom. The number of carbonyl (C=O) groups is 4. The zero-order valence-electron chi connectivity index (χ0n) is 28.4. The first-order valence-corrected chi connectivity index (χ1v) is 15.8. The molecule has 0 aromatic carbocycles. The molecule has 0 aliphatic carbocycles. The smallest absolute Gasteiger partial charge is 0.457 e. The number of ketones is 1. The van der Waals surface area contributed by atoms with Gasteiger partial charge in [0.15, 0.2) is 23.8 Å². The lowest BCUT2D eigenvalue weighted by Crippen LogP contribution is -2.60. The number of rotatable bonds is 5. The van der Waals surface area contributed by atoms with Crippen LogP contribution in [0.1, 0.15) is 74.7 Å². The molecule has 13 atom stereocenters. The van der Waals surface area contributed by atoms with Crippen molar-refractivity contribution in [2.45, 2.75) is 129 Å². The van der Waals surface area contributed by atoms with Crippen LogP contribution in [0.15, 0.2) is 5.16 Å². The predicted octanol–water partition coefficient (Wildman–Crippen LogP) is 2.61. The number of Topliss-reactive ketones (excluding diaryl/α,β-unsaturated/α-hetero) is 1. The van der Waals surface area contributed by atoms with E-state index in [1.165, 1.54) is 20.8 Å². The van der Waals surface area contributed by atoms with Crippen LogP contribution in [0.3, 0.4) is 0 Å². The molecule has 46 heavy (non-hydrogen) atoms. The van der Waals surface area contributed by atoms with Crippen molar-refractivity contribution in [1.29, 1.82) is 0 Å². The highest BCUT2D eigenvalue weighted by molar-refractivity contribution is 6.00. The van der Waals surface area contributed by atoms with Crippen molar-refractivity contribution < 1.29 is 57.9 Å². The van der Waals surface area contributed by atoms with E-state index in [1.807, 2.05) is 25.9 Å². The van der Waals surface area contributed by atoms with Crippen LogP contribution in [-0.4, -0.2) is 113 Å². The molecule has 262 valence electrons. The molecule has 0 unspecified atom stereocenters. The number of carbonyl (C=O) groups excluding carboxylic acids is 4. The summed E-state index contributed by atoms with van der Waals surface area (Å²) in [5.41, 5.74) is 2.50. The molecule has 3 rings (SSSR count). The van der Waals surface area contributed by atoms with Crippen LogP contribution in [0.4, 0.5) is 9.59 Å². The van der Waals surface area contributed by atoms with E-state index in [4.69, 9.17) is 34.2 Å². The minimum Gasteiger partial charge on any atom is -0.457 e. The lowest BCUT2D eigenvalue weighted by atomic mass is 9.74. The van der Waals surface area contributed by atoms with Crippen LogP contribution in [0.2, 0.25) is 0 Å². The molecule has 1 amide bonds. The van der Waals surface area contributed by atoms with Gasteiger partial charge >= 0.3 is 18.2 Å². The predicted molar refractivity (Wildman–Crippen MR) is 162 cm³/mol. The number of nitrogens with zero attached hydrogens (tertiary/aromatic N) is 2. The third-order valence-corrected chi connectivity index (χ3v) is 9.79. The zero-order valence-corrected chi connectivity index (χ0v) is 28.4. The van der Waals surface area contributed by atoms with Crippen LogP contribution in [0, 0.1) is 23.7 Å². The monoisotopic (exact) mass is 657 g/mol. The number of nitrogens with two attached hydrogens (primary N) is 1. The van der Waals surface area contributed by atoms with E-state index < -0.39 is 89.6 Å². The van der Waals surface area contributed by atoms with Crippen LogP contribution < -0.4 is 5.73 Å². The summed E-state index contributed by atoms with van der Waals surface area (Å²) in [4.78, 5) is 54.3. The highest BCUT2D eigenvalue weighted by Crippen LogP contribution is 2.42. The van der Waals surface area contributed by atoms with E-state index in [2.05, 4.69) is 5.16 Å². The number of hydrogen-bond donors (Lipinski definition) is 3. The zero-order chi connectivity index (χ0) is 34.9. The number of likely N-dealkylation sites (N-methyl/N-ethyl adjacent to an activating group) is 1. The minimum atomic E-state index is -1.71. The van der Waals surface area contributed by atoms with Crippen LogP contribution in [0.25, 0.3) is 0 Å². The summed E-state index contributed by atoms with van der Waals surface area (Å²) < 4.78 is 35.1. The van der Waals surface area contributed by atoms with Crippen LogP contribution >= 0.6 is 0 Å². The SMILES string of the molecule is CC[C@@H]1OC(=O)[C@H](C)C(=O)[C@H](C)[C@@H](O[C@@H]2O[C@H](C)C[C@H](N(C)C)[C@H]2O)[C@@](C)(OC(N)=O)C[C@@H](C)/C(=N\O)[C@@H](C)[C@H]2OC(=O)O[C@]12C. The number of ether oxygens (including phenoxy) is 6. The fraction of sp³-hybridized carbons (Fsp3) is 0.839. The Kier molecular flexibility index (Phi) is 11.7. The average Bonchev–Trinajstić information content (AvgIpc) is 3.28. The standard InChI is InChI=1S/C31H51N3O12/c1-11-20-31(8)25(44-29(39)46-31)16(4)21(33-40)14(2)13-30(7,45-28(32)38)24(17(5)22(35)18(6)26(37)42-20)43-27-23(36)19(34(9)10)12-15(3)41-27/h14-20,23-25,27,36,40H,11-13H2,1-10H3,(H2,32,38)/b33-21+/t14-,15-,16-,17+,18-,19+,20+,23-,24-,25-,27+,30+,31-/m1/s1. The minimum absolute atomic E-state index is 0.105. The van der Waals surface area contributed by atoms with Gasteiger partial charge in [0.1, 0.15) is 29.8 Å². The number of aliphatic hydroxyl groups excluding tert-OH is 1. The molecule has 0 spiro atoms. The number of aliphatic hydroxyl groups is 1. The first kappa shape index (κ1) is 37.4. The second kappa shape index (κ2) is 14.4. The van der Waals surface area contributed by atoms with Gasteiger partial charge in [0.25, 0.3) is 0 Å². The second-order valence-electron chi connectivity index (χ2n) is 13.6. The normalized spacial score (nSPS) is 43.7. The lowest BCUT2D eigenvalue weighted by Gasteiger charge is -2.47. The van der Waals surface area contributed by atoms with Crippen molar-refractivity contribution in [3.63, 3.8) is 0 Å². The Morgan fingerprint density at radius 1 is 1.09 bits per heavy atom. The van der Waals surface area contributed by atoms with Gasteiger partial charge in [-0.1, -0.05) is 32.9 Å². The van der Waals surface area contributed by atoms with Gasteiger partial charge in [-0.15, -0.1) is 0 Å². The van der Waals surface area contributed by atoms with Gasteiger partial charge in [0.2, 0.25) is 0 Å². The molecule has 3 fully saturated rings. The summed E-state index contributed by atoms with van der Waals surface area (Å²) in [6, 6.07) is -0.361. The first-order valence-electron chi connectivity index (χ1n) is 15.8. The number of cyclic esters (lactones) is 1. The average molecular weight is 658 g/mol. The molecular weight excluding hydrogens is 606 g/mol. The topological polar surface area (TPSA) is 206 Å². The highest BCUT2D eigenvalue weighted by Gasteiger charge is 2.59. The number of fused-ring (bicyclic) bond motifs is 1. The molecule has 15 nitrogen and oxygen atoms in total. The third-order valence-electron chi connectivity index (χ3n) is 9.79. The van der Waals surface area contributed by atoms with Crippen molar-refractivity contribution in [2.75, 3.05) is 14.1 Å². The molecule has 0 aromatic heterocycles. The van der Waals surface area contributed by atoms with Gasteiger partial charge < -0.3 is 49.4 Å². The van der Waals surface area contributed by atoms with Crippen molar-refractivity contribution >= 4 is 29.7 Å². The Morgan fingerprint density at radius 3 is 2.26 bits per heavy atom. The third kappa shape index (κ3) is 7.42. The number of hydrogen-bond acceptors (Lipinski definition) is 14. The van der Waals surface area contributed by atoms with E-state index in [-0.39, 0.29) is 30.7 Å². The van der Waals surface area contributed by atoms with Gasteiger partial charge in [-0.3, -0.25) is 9.59 Å². The van der Waals surface area contributed by atoms with E-state index >= 15 is 0 Å². The van der Waals surface area contributed by atoms with E-state index in [0.717, 1.165) is 0 Å².